The van der Waals surface area contributed by atoms with Crippen molar-refractivity contribution in [2.24, 2.45) is 0 Å². The molecule has 2 atom stereocenters. The number of nitrogens with zero attached hydrogens (tertiary/aromatic N) is 3. The third kappa shape index (κ3) is 2.61. The van der Waals surface area contributed by atoms with Crippen molar-refractivity contribution in [3.63, 3.8) is 0 Å². The number of hydrogen-bond donors (Lipinski definition) is 1. The van der Waals surface area contributed by atoms with Gasteiger partial charge in [-0.05, 0) is 48.3 Å². The van der Waals surface area contributed by atoms with Crippen LogP contribution in [0.1, 0.15) is 48.9 Å². The van der Waals surface area contributed by atoms with Crippen molar-refractivity contribution in [1.82, 2.24) is 20.1 Å². The van der Waals surface area contributed by atoms with E-state index in [-0.39, 0.29) is 6.04 Å². The van der Waals surface area contributed by atoms with Crippen LogP contribution in [0.3, 0.4) is 0 Å². The van der Waals surface area contributed by atoms with E-state index < -0.39 is 0 Å². The van der Waals surface area contributed by atoms with Gasteiger partial charge in [-0.2, -0.15) is 0 Å². The van der Waals surface area contributed by atoms with Gasteiger partial charge in [0.15, 0.2) is 0 Å². The smallest absolute Gasteiger partial charge is 0.149 e. The predicted octanol–water partition coefficient (Wildman–Crippen LogP) is 3.46. The highest BCUT2D eigenvalue weighted by Crippen LogP contribution is 2.29. The van der Waals surface area contributed by atoms with Crippen LogP contribution < -0.4 is 5.32 Å². The first-order valence-electron chi connectivity index (χ1n) is 6.58. The van der Waals surface area contributed by atoms with E-state index in [9.17, 15) is 0 Å². The summed E-state index contributed by atoms with van der Waals surface area (Å²) >= 11 is 5.28. The van der Waals surface area contributed by atoms with Crippen LogP contribution in [-0.2, 0) is 13.0 Å². The van der Waals surface area contributed by atoms with Crippen LogP contribution in [0.15, 0.2) is 15.9 Å². The topological polar surface area (TPSA) is 42.7 Å². The van der Waals surface area contributed by atoms with E-state index in [1.165, 1.54) is 15.1 Å². The van der Waals surface area contributed by atoms with E-state index in [0.29, 0.717) is 6.04 Å². The van der Waals surface area contributed by atoms with Gasteiger partial charge in [0.05, 0.1) is 9.83 Å². The molecule has 0 saturated carbocycles. The molecule has 4 nitrogen and oxygen atoms in total. The zero-order valence-corrected chi connectivity index (χ0v) is 13.5. The first kappa shape index (κ1) is 13.3. The third-order valence-electron chi connectivity index (χ3n) is 3.55. The number of hydrogen-bond acceptors (Lipinski definition) is 4. The number of aryl methyl sites for hydroxylation is 1. The molecule has 2 aromatic heterocycles. The summed E-state index contributed by atoms with van der Waals surface area (Å²) in [7, 11) is 0. The van der Waals surface area contributed by atoms with Gasteiger partial charge in [-0.25, -0.2) is 0 Å². The van der Waals surface area contributed by atoms with Gasteiger partial charge in [0, 0.05) is 23.9 Å². The normalized spacial score (nSPS) is 17.4. The van der Waals surface area contributed by atoms with Gasteiger partial charge in [0.1, 0.15) is 11.6 Å². The van der Waals surface area contributed by atoms with Crippen LogP contribution in [0.4, 0.5) is 0 Å². The van der Waals surface area contributed by atoms with Gasteiger partial charge in [-0.1, -0.05) is 0 Å². The highest BCUT2D eigenvalue weighted by molar-refractivity contribution is 9.11. The maximum atomic E-state index is 4.33. The Balaban J connectivity index is 1.72. The highest BCUT2D eigenvalue weighted by Gasteiger charge is 2.22. The number of halogens is 1. The van der Waals surface area contributed by atoms with E-state index in [4.69, 9.17) is 0 Å². The standard InChI is InChI=1S/C13H17BrN4S/c1-8(10-5-6-11(14)19-10)15-9(2)13-17-16-12-4-3-7-18(12)13/h5-6,8-9,15H,3-4,7H2,1-2H3. The Morgan fingerprint density at radius 3 is 2.89 bits per heavy atom. The minimum atomic E-state index is 0.218. The van der Waals surface area contributed by atoms with Gasteiger partial charge in [0.25, 0.3) is 0 Å². The van der Waals surface area contributed by atoms with Gasteiger partial charge in [0.2, 0.25) is 0 Å². The van der Waals surface area contributed by atoms with Gasteiger partial charge in [-0.15, -0.1) is 21.5 Å². The van der Waals surface area contributed by atoms with E-state index in [1.54, 1.807) is 11.3 Å². The van der Waals surface area contributed by atoms with Crippen molar-refractivity contribution in [2.75, 3.05) is 0 Å². The Bertz CT molecular complexity index is 577. The SMILES string of the molecule is CC(NC(C)c1nnc2n1CCC2)c1ccc(Br)s1. The summed E-state index contributed by atoms with van der Waals surface area (Å²) in [5.41, 5.74) is 0. The van der Waals surface area contributed by atoms with Crippen LogP contribution in [0, 0.1) is 0 Å². The molecule has 0 fully saturated rings. The number of fused-ring (bicyclic) bond motifs is 1. The highest BCUT2D eigenvalue weighted by atomic mass is 79.9. The van der Waals surface area contributed by atoms with Crippen molar-refractivity contribution in [3.05, 3.63) is 32.4 Å². The Hall–Kier alpha value is -0.720. The molecule has 0 bridgehead atoms. The van der Waals surface area contributed by atoms with E-state index in [0.717, 1.165) is 24.6 Å². The lowest BCUT2D eigenvalue weighted by Crippen LogP contribution is -2.24. The molecule has 0 spiro atoms. The van der Waals surface area contributed by atoms with E-state index in [1.807, 2.05) is 0 Å². The Labute approximate surface area is 125 Å². The molecule has 2 unspecified atom stereocenters. The van der Waals surface area contributed by atoms with Crippen molar-refractivity contribution in [1.29, 1.82) is 0 Å². The summed E-state index contributed by atoms with van der Waals surface area (Å²) in [5.74, 6) is 2.20. The minimum Gasteiger partial charge on any atom is -0.314 e. The second kappa shape index (κ2) is 5.34. The predicted molar refractivity (Wildman–Crippen MR) is 80.3 cm³/mol. The average Bonchev–Trinajstić information content (AvgIpc) is 3.02. The van der Waals surface area contributed by atoms with Crippen molar-refractivity contribution >= 4 is 27.3 Å². The van der Waals surface area contributed by atoms with Crippen molar-refractivity contribution < 1.29 is 0 Å². The molecule has 0 aromatic carbocycles. The Kier molecular flexibility index (Phi) is 3.73. The number of rotatable bonds is 4. The van der Waals surface area contributed by atoms with Crippen LogP contribution in [0.2, 0.25) is 0 Å². The van der Waals surface area contributed by atoms with Crippen LogP contribution in [-0.4, -0.2) is 14.8 Å². The first-order valence-corrected chi connectivity index (χ1v) is 8.19. The molecule has 0 radical (unpaired) electrons. The molecule has 0 aliphatic carbocycles. The monoisotopic (exact) mass is 340 g/mol. The lowest BCUT2D eigenvalue weighted by atomic mass is 10.2. The minimum absolute atomic E-state index is 0.218. The van der Waals surface area contributed by atoms with Crippen LogP contribution >= 0.6 is 27.3 Å². The molecule has 3 rings (SSSR count). The van der Waals surface area contributed by atoms with E-state index >= 15 is 0 Å². The number of thiophene rings is 1. The zero-order chi connectivity index (χ0) is 13.4. The van der Waals surface area contributed by atoms with Gasteiger partial charge >= 0.3 is 0 Å². The number of nitrogens with one attached hydrogen (secondary N) is 1. The summed E-state index contributed by atoms with van der Waals surface area (Å²) in [6.45, 7) is 5.41. The van der Waals surface area contributed by atoms with Crippen LogP contribution in [0.25, 0.3) is 0 Å². The second-order valence-corrected chi connectivity index (χ2v) is 7.48. The largest absolute Gasteiger partial charge is 0.314 e. The van der Waals surface area contributed by atoms with E-state index in [2.05, 4.69) is 62.0 Å². The van der Waals surface area contributed by atoms with Crippen molar-refractivity contribution in [3.8, 4) is 0 Å². The summed E-state index contributed by atoms with van der Waals surface area (Å²) in [4.78, 5) is 1.33. The average molecular weight is 341 g/mol. The maximum Gasteiger partial charge on any atom is 0.149 e. The molecule has 0 amide bonds. The van der Waals surface area contributed by atoms with Crippen molar-refractivity contribution in [2.45, 2.75) is 45.3 Å². The molecule has 1 N–H and O–H groups in total. The molecule has 1 aliphatic rings. The summed E-state index contributed by atoms with van der Waals surface area (Å²) in [6.07, 6.45) is 2.26. The molecular weight excluding hydrogens is 324 g/mol. The first-order chi connectivity index (χ1) is 9.15. The molecule has 102 valence electrons. The Morgan fingerprint density at radius 1 is 1.32 bits per heavy atom. The van der Waals surface area contributed by atoms with Crippen LogP contribution in [0.5, 0.6) is 0 Å². The molecule has 3 heterocycles. The fourth-order valence-corrected chi connectivity index (χ4v) is 4.02. The molecule has 6 heteroatoms. The maximum absolute atomic E-state index is 4.33. The second-order valence-electron chi connectivity index (χ2n) is 4.98. The molecule has 19 heavy (non-hydrogen) atoms. The lowest BCUT2D eigenvalue weighted by molar-refractivity contribution is 0.463. The zero-order valence-electron chi connectivity index (χ0n) is 11.1. The molecule has 1 aliphatic heterocycles. The van der Waals surface area contributed by atoms with Gasteiger partial charge < -0.3 is 9.88 Å². The molecule has 0 saturated heterocycles. The third-order valence-corrected chi connectivity index (χ3v) is 5.35. The lowest BCUT2D eigenvalue weighted by Gasteiger charge is -2.18. The number of aromatic nitrogens is 3. The fourth-order valence-electron chi connectivity index (χ4n) is 2.59. The van der Waals surface area contributed by atoms with Gasteiger partial charge in [-0.3, -0.25) is 0 Å². The quantitative estimate of drug-likeness (QED) is 0.926. The summed E-state index contributed by atoms with van der Waals surface area (Å²) in [6, 6.07) is 4.79. The summed E-state index contributed by atoms with van der Waals surface area (Å²) < 4.78 is 3.43. The Morgan fingerprint density at radius 2 is 2.16 bits per heavy atom. The summed E-state index contributed by atoms with van der Waals surface area (Å²) in [5, 5.41) is 12.2. The molecule has 2 aromatic rings. The molecular formula is C13H17BrN4S. The fraction of sp³-hybridized carbons (Fsp3) is 0.538.